The van der Waals surface area contributed by atoms with Gasteiger partial charge in [0, 0.05) is 64.5 Å². The average Bonchev–Trinajstić information content (AvgIpc) is 3.47. The molecule has 392 valence electrons. The molecule has 0 saturated carbocycles. The molecule has 0 amide bonds. The minimum Gasteiger partial charge on any atom is -0.507 e. The number of alkyl halides is 1. The second kappa shape index (κ2) is 30.0. The number of hydrogen-bond acceptors (Lipinski definition) is 16. The molecule has 17 heteroatoms. The summed E-state index contributed by atoms with van der Waals surface area (Å²) in [6.07, 6.45) is 12.7. The number of phenolic OH excluding ortho intramolecular Hbond substituents is 1. The van der Waals surface area contributed by atoms with Crippen molar-refractivity contribution in [3.8, 4) is 58.1 Å². The number of carbonyl (C=O) groups is 4. The first-order valence-electron chi connectivity index (χ1n) is 23.8. The van der Waals surface area contributed by atoms with Crippen molar-refractivity contribution in [3.63, 3.8) is 0 Å². The maximum absolute atomic E-state index is 11.6. The molecule has 6 aromatic rings. The van der Waals surface area contributed by atoms with Gasteiger partial charge >= 0.3 is 0 Å². The number of nitrogens with zero attached hydrogens (tertiary/aromatic N) is 2. The number of nitrogens with one attached hydrogen (secondary N) is 2. The Morgan fingerprint density at radius 1 is 0.584 bits per heavy atom. The lowest BCUT2D eigenvalue weighted by atomic mass is 10.1. The molecule has 0 aromatic heterocycles. The summed E-state index contributed by atoms with van der Waals surface area (Å²) >= 11 is 3.31. The van der Waals surface area contributed by atoms with E-state index in [0.717, 1.165) is 45.2 Å². The number of aryl methyl sites for hydroxylation is 2. The quantitative estimate of drug-likeness (QED) is 0.0280. The molecule has 8 rings (SSSR count). The summed E-state index contributed by atoms with van der Waals surface area (Å²) in [5.74, 6) is 3.87. The standard InChI is InChI=1S/C30H26N2O6.C22H21NO6.C8H6BrN/c1-21-12-25(18-34)29(38-19-23-5-2-4-22(13-23)16-31)15-28(21)37-20-24(17-33)6-3-9-32-26-7-8-27-30(14-26)36-11-10-35-27;1-15-9-17(13-25)19(26)11-21(15)29-14-16(12-24)3-2-6-23-18-4-5-20-22(10-18)28-8-7-27-20;9-5-7-2-1-3-8(4-7)6-10/h2-9,12-15,17-18,32H,10-11,19-20H2,1H3;2-6,9-13,23,26H,7-8,14H2,1H3;1-4H,5H2/b9-3-,24-6+;6-2-,16-3+;. The van der Waals surface area contributed by atoms with Gasteiger partial charge in [-0.2, -0.15) is 10.5 Å². The van der Waals surface area contributed by atoms with E-state index in [1.807, 2.05) is 67.6 Å². The van der Waals surface area contributed by atoms with Gasteiger partial charge in [-0.05, 0) is 109 Å². The number of rotatable bonds is 20. The van der Waals surface area contributed by atoms with Crippen molar-refractivity contribution >= 4 is 52.4 Å². The fraction of sp³-hybridized carbons (Fsp3) is 0.167. The Labute approximate surface area is 454 Å². The van der Waals surface area contributed by atoms with Crippen LogP contribution in [0.5, 0.6) is 46.0 Å². The van der Waals surface area contributed by atoms with Gasteiger partial charge in [-0.3, -0.25) is 19.2 Å². The summed E-state index contributed by atoms with van der Waals surface area (Å²) in [7, 11) is 0. The van der Waals surface area contributed by atoms with Crippen LogP contribution in [-0.4, -0.2) is 69.9 Å². The van der Waals surface area contributed by atoms with Crippen LogP contribution in [0.1, 0.15) is 54.1 Å². The van der Waals surface area contributed by atoms with Gasteiger partial charge in [-0.15, -0.1) is 0 Å². The van der Waals surface area contributed by atoms with Crippen LogP contribution in [0.3, 0.4) is 0 Å². The van der Waals surface area contributed by atoms with Crippen molar-refractivity contribution in [2.24, 2.45) is 0 Å². The largest absolute Gasteiger partial charge is 0.507 e. The Balaban J connectivity index is 0.000000216. The van der Waals surface area contributed by atoms with Crippen LogP contribution in [0.25, 0.3) is 0 Å². The van der Waals surface area contributed by atoms with E-state index in [-0.39, 0.29) is 31.1 Å². The SMILES string of the molecule is Cc1cc(C=O)c(O)cc1OC/C(C=O)=C/C=C\Nc1ccc2c(c1)OCCO2.Cc1cc(C=O)c(OCc2cccc(C#N)c2)cc1OC/C(C=O)=C/C=C\Nc1ccc2c(c1)OCCO2.N#Cc1cccc(CBr)c1. The number of allylic oxidation sites excluding steroid dienone is 4. The fourth-order valence-corrected chi connectivity index (χ4v) is 7.44. The molecule has 3 N–H and O–H groups in total. The molecule has 0 fully saturated rings. The third-order valence-corrected chi connectivity index (χ3v) is 11.7. The van der Waals surface area contributed by atoms with Gasteiger partial charge in [0.1, 0.15) is 81.8 Å². The Morgan fingerprint density at radius 2 is 1.06 bits per heavy atom. The number of anilines is 2. The monoisotopic (exact) mass is 1100 g/mol. The number of aromatic hydroxyl groups is 1. The zero-order chi connectivity index (χ0) is 54.8. The Bertz CT molecular complexity index is 3260. The van der Waals surface area contributed by atoms with Gasteiger partial charge in [0.05, 0.1) is 34.4 Å². The lowest BCUT2D eigenvalue weighted by Gasteiger charge is -2.18. The minimum atomic E-state index is -0.166. The molecule has 0 atom stereocenters. The molecule has 77 heavy (non-hydrogen) atoms. The van der Waals surface area contributed by atoms with E-state index in [1.165, 1.54) is 12.1 Å². The number of nitriles is 2. The van der Waals surface area contributed by atoms with Gasteiger partial charge < -0.3 is 48.9 Å². The van der Waals surface area contributed by atoms with Gasteiger partial charge in [0.25, 0.3) is 0 Å². The highest BCUT2D eigenvalue weighted by molar-refractivity contribution is 9.08. The maximum Gasteiger partial charge on any atom is 0.163 e. The van der Waals surface area contributed by atoms with E-state index in [9.17, 15) is 24.3 Å². The summed E-state index contributed by atoms with van der Waals surface area (Å²) in [6, 6.07) is 36.0. The second-order valence-corrected chi connectivity index (χ2v) is 17.2. The van der Waals surface area contributed by atoms with Crippen LogP contribution in [0, 0.1) is 36.5 Å². The van der Waals surface area contributed by atoms with Crippen LogP contribution in [0.4, 0.5) is 11.4 Å². The van der Waals surface area contributed by atoms with E-state index in [4.69, 9.17) is 43.7 Å². The van der Waals surface area contributed by atoms with Gasteiger partial charge in [-0.1, -0.05) is 52.3 Å². The van der Waals surface area contributed by atoms with Crippen molar-refractivity contribution in [2.45, 2.75) is 25.8 Å². The predicted octanol–water partition coefficient (Wildman–Crippen LogP) is 11.0. The smallest absolute Gasteiger partial charge is 0.163 e. The molecule has 0 saturated heterocycles. The molecular weight excluding hydrogens is 1050 g/mol. The zero-order valence-electron chi connectivity index (χ0n) is 42.0. The van der Waals surface area contributed by atoms with E-state index < -0.39 is 0 Å². The van der Waals surface area contributed by atoms with Crippen molar-refractivity contribution < 1.29 is 57.4 Å². The molecule has 0 spiro atoms. The predicted molar refractivity (Wildman–Crippen MR) is 294 cm³/mol. The topological polar surface area (TPSA) is 225 Å². The Kier molecular flexibility index (Phi) is 22.1. The van der Waals surface area contributed by atoms with Crippen molar-refractivity contribution in [1.29, 1.82) is 10.5 Å². The van der Waals surface area contributed by atoms with Crippen LogP contribution >= 0.6 is 15.9 Å². The summed E-state index contributed by atoms with van der Waals surface area (Å²) in [6.45, 7) is 5.91. The molecule has 2 heterocycles. The summed E-state index contributed by atoms with van der Waals surface area (Å²) in [5, 5.41) is 34.4. The maximum atomic E-state index is 11.6. The highest BCUT2D eigenvalue weighted by Gasteiger charge is 2.14. The molecule has 6 aromatic carbocycles. The summed E-state index contributed by atoms with van der Waals surface area (Å²) < 4.78 is 39.4. The fourth-order valence-electron chi connectivity index (χ4n) is 7.09. The van der Waals surface area contributed by atoms with Crippen LogP contribution in [-0.2, 0) is 21.5 Å². The number of benzene rings is 6. The molecule has 2 aliphatic rings. The molecule has 0 unspecified atom stereocenters. The lowest BCUT2D eigenvalue weighted by Crippen LogP contribution is -2.15. The minimum absolute atomic E-state index is 0.0264. The highest BCUT2D eigenvalue weighted by Crippen LogP contribution is 2.34. The number of aldehydes is 4. The normalized spacial score (nSPS) is 12.3. The van der Waals surface area contributed by atoms with Crippen molar-refractivity contribution in [2.75, 3.05) is 50.3 Å². The molecule has 2 aliphatic heterocycles. The number of carbonyl (C=O) groups excluding carboxylic acids is 4. The first kappa shape index (κ1) is 56.7. The number of halogens is 1. The van der Waals surface area contributed by atoms with Crippen molar-refractivity contribution in [3.05, 3.63) is 202 Å². The zero-order valence-corrected chi connectivity index (χ0v) is 43.6. The Morgan fingerprint density at radius 3 is 1.56 bits per heavy atom. The molecule has 16 nitrogen and oxygen atoms in total. The van der Waals surface area contributed by atoms with E-state index in [0.29, 0.717) is 113 Å². The number of ether oxygens (including phenoxy) is 7. The number of phenols is 1. The third kappa shape index (κ3) is 17.5. The first-order chi connectivity index (χ1) is 37.6. The first-order valence-corrected chi connectivity index (χ1v) is 24.9. The van der Waals surface area contributed by atoms with Crippen LogP contribution in [0.2, 0.25) is 0 Å². The van der Waals surface area contributed by atoms with E-state index in [1.54, 1.807) is 80.0 Å². The van der Waals surface area contributed by atoms with E-state index in [2.05, 4.69) is 38.7 Å². The summed E-state index contributed by atoms with van der Waals surface area (Å²) in [4.78, 5) is 45.3. The van der Waals surface area contributed by atoms with Crippen LogP contribution in [0.15, 0.2) is 157 Å². The second-order valence-electron chi connectivity index (χ2n) is 16.6. The molecular formula is C60H53BrN4O12. The van der Waals surface area contributed by atoms with Gasteiger partial charge in [0.15, 0.2) is 35.6 Å². The molecule has 0 radical (unpaired) electrons. The third-order valence-electron chi connectivity index (χ3n) is 11.0. The average molecular weight is 1100 g/mol. The van der Waals surface area contributed by atoms with Gasteiger partial charge in [-0.25, -0.2) is 0 Å². The van der Waals surface area contributed by atoms with Crippen LogP contribution < -0.4 is 43.8 Å². The molecule has 0 bridgehead atoms. The highest BCUT2D eigenvalue weighted by atomic mass is 79.9. The number of fused-ring (bicyclic) bond motifs is 2. The van der Waals surface area contributed by atoms with Crippen molar-refractivity contribution in [1.82, 2.24) is 0 Å². The van der Waals surface area contributed by atoms with E-state index >= 15 is 0 Å². The Hall–Kier alpha value is -9.58. The summed E-state index contributed by atoms with van der Waals surface area (Å²) in [5.41, 5.74) is 7.63. The number of hydrogen-bond donors (Lipinski definition) is 3. The molecule has 0 aliphatic carbocycles. The lowest BCUT2D eigenvalue weighted by molar-refractivity contribution is -0.106. The van der Waals surface area contributed by atoms with Gasteiger partial charge in [0.2, 0.25) is 0 Å².